The zero-order valence-corrected chi connectivity index (χ0v) is 11.3. The highest BCUT2D eigenvalue weighted by molar-refractivity contribution is 5.80. The summed E-state index contributed by atoms with van der Waals surface area (Å²) in [5.41, 5.74) is 0. The Kier molecular flexibility index (Phi) is 7.80. The Morgan fingerprint density at radius 3 is 2.65 bits per heavy atom. The smallest absolute Gasteiger partial charge is 0.191 e. The highest BCUT2D eigenvalue weighted by atomic mass is 16.5. The molecule has 0 saturated heterocycles. The third kappa shape index (κ3) is 6.51. The fraction of sp³-hybridized carbons (Fsp3) is 0.923. The summed E-state index contributed by atoms with van der Waals surface area (Å²) < 4.78 is 5.29. The Morgan fingerprint density at radius 2 is 2.00 bits per heavy atom. The maximum atomic E-state index is 5.29. The minimum atomic E-state index is 0.605. The van der Waals surface area contributed by atoms with Crippen LogP contribution in [0.25, 0.3) is 0 Å². The molecule has 4 heteroatoms. The second kappa shape index (κ2) is 9.28. The maximum absolute atomic E-state index is 5.29. The van der Waals surface area contributed by atoms with Crippen LogP contribution in [0.15, 0.2) is 4.99 Å². The lowest BCUT2D eigenvalue weighted by Gasteiger charge is -2.24. The van der Waals surface area contributed by atoms with E-state index in [1.165, 1.54) is 32.1 Å². The van der Waals surface area contributed by atoms with Crippen LogP contribution < -0.4 is 10.6 Å². The molecule has 0 radical (unpaired) electrons. The van der Waals surface area contributed by atoms with E-state index in [1.807, 2.05) is 6.92 Å². The first kappa shape index (κ1) is 14.3. The largest absolute Gasteiger partial charge is 0.380 e. The molecule has 0 unspecified atom stereocenters. The molecule has 100 valence electrons. The summed E-state index contributed by atoms with van der Waals surface area (Å²) in [5.74, 6) is 0.944. The van der Waals surface area contributed by atoms with Gasteiger partial charge in [-0.3, -0.25) is 4.99 Å². The molecule has 1 rings (SSSR count). The monoisotopic (exact) mass is 241 g/mol. The fourth-order valence-corrected chi connectivity index (χ4v) is 2.13. The number of hydrogen-bond donors (Lipinski definition) is 2. The highest BCUT2D eigenvalue weighted by Gasteiger charge is 2.13. The second-order valence-corrected chi connectivity index (χ2v) is 4.44. The van der Waals surface area contributed by atoms with E-state index in [0.29, 0.717) is 12.6 Å². The van der Waals surface area contributed by atoms with Gasteiger partial charge in [0, 0.05) is 19.2 Å². The van der Waals surface area contributed by atoms with Crippen molar-refractivity contribution in [1.82, 2.24) is 10.6 Å². The molecule has 4 nitrogen and oxygen atoms in total. The van der Waals surface area contributed by atoms with E-state index in [-0.39, 0.29) is 0 Å². The summed E-state index contributed by atoms with van der Waals surface area (Å²) >= 11 is 0. The lowest BCUT2D eigenvalue weighted by Crippen LogP contribution is -2.44. The van der Waals surface area contributed by atoms with Crippen LogP contribution in [0.3, 0.4) is 0 Å². The summed E-state index contributed by atoms with van der Waals surface area (Å²) in [5, 5.41) is 6.81. The second-order valence-electron chi connectivity index (χ2n) is 4.44. The molecule has 1 aliphatic rings. The van der Waals surface area contributed by atoms with Gasteiger partial charge < -0.3 is 15.4 Å². The zero-order valence-electron chi connectivity index (χ0n) is 11.3. The number of nitrogens with one attached hydrogen (secondary N) is 2. The van der Waals surface area contributed by atoms with Crippen molar-refractivity contribution < 1.29 is 4.74 Å². The molecular formula is C13H27N3O. The van der Waals surface area contributed by atoms with Gasteiger partial charge in [-0.15, -0.1) is 0 Å². The van der Waals surface area contributed by atoms with Crippen molar-refractivity contribution in [2.45, 2.75) is 52.0 Å². The Balaban J connectivity index is 2.29. The van der Waals surface area contributed by atoms with E-state index in [0.717, 1.165) is 25.7 Å². The van der Waals surface area contributed by atoms with Crippen LogP contribution in [0.5, 0.6) is 0 Å². The van der Waals surface area contributed by atoms with Crippen molar-refractivity contribution in [2.24, 2.45) is 4.99 Å². The molecule has 0 heterocycles. The third-order valence-corrected chi connectivity index (χ3v) is 3.00. The predicted octanol–water partition coefficient (Wildman–Crippen LogP) is 1.91. The number of aliphatic imine (C=N–C) groups is 1. The average molecular weight is 241 g/mol. The number of nitrogens with zero attached hydrogens (tertiary/aromatic N) is 1. The van der Waals surface area contributed by atoms with E-state index in [9.17, 15) is 0 Å². The topological polar surface area (TPSA) is 45.7 Å². The molecule has 0 atom stereocenters. The minimum Gasteiger partial charge on any atom is -0.380 e. The molecule has 0 bridgehead atoms. The zero-order chi connectivity index (χ0) is 12.3. The lowest BCUT2D eigenvalue weighted by atomic mass is 9.96. The minimum absolute atomic E-state index is 0.605. The van der Waals surface area contributed by atoms with Crippen molar-refractivity contribution >= 4 is 5.96 Å². The van der Waals surface area contributed by atoms with Crippen molar-refractivity contribution in [3.63, 3.8) is 0 Å². The number of guanidine groups is 1. The summed E-state index contributed by atoms with van der Waals surface area (Å²) in [6, 6.07) is 0.605. The first-order chi connectivity index (χ1) is 8.36. The maximum Gasteiger partial charge on any atom is 0.191 e. The molecule has 0 aliphatic heterocycles. The molecule has 1 aliphatic carbocycles. The van der Waals surface area contributed by atoms with E-state index in [1.54, 1.807) is 0 Å². The lowest BCUT2D eigenvalue weighted by molar-refractivity contribution is 0.155. The number of rotatable bonds is 6. The average Bonchev–Trinajstić information content (AvgIpc) is 2.36. The van der Waals surface area contributed by atoms with Gasteiger partial charge in [-0.05, 0) is 26.7 Å². The Morgan fingerprint density at radius 1 is 1.24 bits per heavy atom. The molecule has 1 fully saturated rings. The molecule has 0 aromatic heterocycles. The van der Waals surface area contributed by atoms with Crippen LogP contribution in [0.4, 0.5) is 0 Å². The van der Waals surface area contributed by atoms with Crippen LogP contribution in [0.2, 0.25) is 0 Å². The Bertz CT molecular complexity index is 213. The van der Waals surface area contributed by atoms with Gasteiger partial charge in [-0.1, -0.05) is 19.3 Å². The van der Waals surface area contributed by atoms with E-state index < -0.39 is 0 Å². The molecule has 0 spiro atoms. The molecule has 0 aromatic rings. The predicted molar refractivity (Wildman–Crippen MR) is 72.5 cm³/mol. The van der Waals surface area contributed by atoms with Crippen LogP contribution in [-0.4, -0.2) is 38.3 Å². The molecule has 2 N–H and O–H groups in total. The van der Waals surface area contributed by atoms with E-state index >= 15 is 0 Å². The third-order valence-electron chi connectivity index (χ3n) is 3.00. The summed E-state index contributed by atoms with van der Waals surface area (Å²) in [7, 11) is 0. The normalized spacial score (nSPS) is 18.1. The Labute approximate surface area is 105 Å². The van der Waals surface area contributed by atoms with Gasteiger partial charge >= 0.3 is 0 Å². The van der Waals surface area contributed by atoms with Gasteiger partial charge in [0.05, 0.1) is 13.2 Å². The van der Waals surface area contributed by atoms with Gasteiger partial charge in [-0.25, -0.2) is 0 Å². The molecule has 0 aromatic carbocycles. The van der Waals surface area contributed by atoms with Crippen molar-refractivity contribution in [2.75, 3.05) is 26.3 Å². The quantitative estimate of drug-likeness (QED) is 0.424. The summed E-state index contributed by atoms with van der Waals surface area (Å²) in [6.07, 6.45) is 6.62. The van der Waals surface area contributed by atoms with Crippen LogP contribution >= 0.6 is 0 Å². The molecule has 17 heavy (non-hydrogen) atoms. The van der Waals surface area contributed by atoms with Crippen molar-refractivity contribution in [1.29, 1.82) is 0 Å². The van der Waals surface area contributed by atoms with Crippen molar-refractivity contribution in [3.8, 4) is 0 Å². The summed E-state index contributed by atoms with van der Waals surface area (Å²) in [4.78, 5) is 4.51. The first-order valence-corrected chi connectivity index (χ1v) is 6.99. The molecule has 1 saturated carbocycles. The van der Waals surface area contributed by atoms with Gasteiger partial charge in [0.25, 0.3) is 0 Å². The van der Waals surface area contributed by atoms with Gasteiger partial charge in [0.2, 0.25) is 0 Å². The Hall–Kier alpha value is -0.770. The summed E-state index contributed by atoms with van der Waals surface area (Å²) in [6.45, 7) is 7.22. The number of hydrogen-bond acceptors (Lipinski definition) is 2. The van der Waals surface area contributed by atoms with Gasteiger partial charge in [-0.2, -0.15) is 0 Å². The highest BCUT2D eigenvalue weighted by Crippen LogP contribution is 2.17. The first-order valence-electron chi connectivity index (χ1n) is 6.99. The van der Waals surface area contributed by atoms with Crippen molar-refractivity contribution in [3.05, 3.63) is 0 Å². The van der Waals surface area contributed by atoms with Gasteiger partial charge in [0.15, 0.2) is 5.96 Å². The van der Waals surface area contributed by atoms with Gasteiger partial charge in [0.1, 0.15) is 0 Å². The standard InChI is InChI=1S/C13H27N3O/c1-3-14-13(15-10-11-17-4-2)16-12-8-6-5-7-9-12/h12H,3-11H2,1-2H3,(H2,14,15,16). The number of ether oxygens (including phenoxy) is 1. The van der Waals surface area contributed by atoms with E-state index in [4.69, 9.17) is 4.74 Å². The van der Waals surface area contributed by atoms with Crippen LogP contribution in [0, 0.1) is 0 Å². The SMILES string of the molecule is CCNC(=NCCOCC)NC1CCCCC1. The molecular weight excluding hydrogens is 214 g/mol. The molecule has 0 amide bonds. The van der Waals surface area contributed by atoms with Crippen LogP contribution in [0.1, 0.15) is 46.0 Å². The van der Waals surface area contributed by atoms with E-state index in [2.05, 4.69) is 22.5 Å². The fourth-order valence-electron chi connectivity index (χ4n) is 2.13. The van der Waals surface area contributed by atoms with Crippen LogP contribution in [-0.2, 0) is 4.74 Å².